The van der Waals surface area contributed by atoms with Crippen LogP contribution in [0.2, 0.25) is 0 Å². The Bertz CT molecular complexity index is 1230. The third-order valence-corrected chi connectivity index (χ3v) is 8.14. The number of benzene rings is 2. The molecule has 0 saturated carbocycles. The first-order valence-corrected chi connectivity index (χ1v) is 12.1. The molecule has 0 atom stereocenters. The van der Waals surface area contributed by atoms with Gasteiger partial charge in [0, 0.05) is 37.9 Å². The van der Waals surface area contributed by atoms with Crippen LogP contribution in [0.4, 0.5) is 5.69 Å². The molecule has 2 aromatic carbocycles. The van der Waals surface area contributed by atoms with Crippen molar-refractivity contribution in [3.63, 3.8) is 0 Å². The summed E-state index contributed by atoms with van der Waals surface area (Å²) in [4.78, 5) is 40.6. The number of aryl methyl sites for hydroxylation is 1. The Labute approximate surface area is 187 Å². The van der Waals surface area contributed by atoms with Crippen LogP contribution >= 0.6 is 0 Å². The lowest BCUT2D eigenvalue weighted by atomic mass is 9.99. The minimum Gasteiger partial charge on any atom is -0.308 e. The van der Waals surface area contributed by atoms with Crippen molar-refractivity contribution in [2.75, 3.05) is 31.6 Å². The molecule has 0 fully saturated rings. The van der Waals surface area contributed by atoms with E-state index in [4.69, 9.17) is 0 Å². The van der Waals surface area contributed by atoms with Gasteiger partial charge in [0.25, 0.3) is 17.7 Å². The number of hydrogen-bond donors (Lipinski definition) is 0. The van der Waals surface area contributed by atoms with E-state index < -0.39 is 15.9 Å². The Hall–Kier alpha value is -3.04. The number of carbonyl (C=O) groups excluding carboxylic acids is 3. The molecule has 0 aliphatic carbocycles. The summed E-state index contributed by atoms with van der Waals surface area (Å²) in [5, 5.41) is 0. The van der Waals surface area contributed by atoms with Gasteiger partial charge in [0.05, 0.1) is 16.0 Å². The van der Waals surface area contributed by atoms with Crippen LogP contribution in [0.5, 0.6) is 0 Å². The van der Waals surface area contributed by atoms with Crippen molar-refractivity contribution < 1.29 is 22.8 Å². The molecule has 2 aliphatic heterocycles. The van der Waals surface area contributed by atoms with E-state index in [1.807, 2.05) is 0 Å². The van der Waals surface area contributed by atoms with Gasteiger partial charge < -0.3 is 4.90 Å². The highest BCUT2D eigenvalue weighted by Crippen LogP contribution is 2.32. The zero-order valence-corrected chi connectivity index (χ0v) is 19.1. The summed E-state index contributed by atoms with van der Waals surface area (Å²) in [5.41, 5.74) is 2.29. The highest BCUT2D eigenvalue weighted by atomic mass is 32.2. The second-order valence-electron chi connectivity index (χ2n) is 7.87. The minimum absolute atomic E-state index is 0.221. The van der Waals surface area contributed by atoms with E-state index in [2.05, 4.69) is 0 Å². The molecule has 32 heavy (non-hydrogen) atoms. The van der Waals surface area contributed by atoms with Crippen LogP contribution in [0, 0.1) is 0 Å². The van der Waals surface area contributed by atoms with Gasteiger partial charge >= 0.3 is 0 Å². The third kappa shape index (κ3) is 3.41. The molecule has 0 aromatic heterocycles. The maximum Gasteiger partial charge on any atom is 0.261 e. The van der Waals surface area contributed by atoms with Crippen molar-refractivity contribution in [1.29, 1.82) is 0 Å². The number of fused-ring (bicyclic) bond motifs is 2. The monoisotopic (exact) mass is 455 g/mol. The summed E-state index contributed by atoms with van der Waals surface area (Å²) in [6, 6.07) is 9.41. The normalized spacial score (nSPS) is 15.9. The summed E-state index contributed by atoms with van der Waals surface area (Å²) in [6.07, 6.45) is 1.36. The van der Waals surface area contributed by atoms with Crippen LogP contribution in [0.1, 0.15) is 56.9 Å². The molecule has 0 spiro atoms. The Morgan fingerprint density at radius 2 is 1.69 bits per heavy atom. The lowest BCUT2D eigenvalue weighted by molar-refractivity contribution is 0.0693. The summed E-state index contributed by atoms with van der Waals surface area (Å²) < 4.78 is 27.2. The zero-order chi connectivity index (χ0) is 23.2. The van der Waals surface area contributed by atoms with Crippen LogP contribution in [0.15, 0.2) is 41.3 Å². The molecule has 168 valence electrons. The van der Waals surface area contributed by atoms with Crippen LogP contribution < -0.4 is 4.90 Å². The summed E-state index contributed by atoms with van der Waals surface area (Å²) in [5.74, 6) is -1.10. The second-order valence-corrected chi connectivity index (χ2v) is 9.81. The first kappa shape index (κ1) is 22.2. The number of rotatable bonds is 5. The fourth-order valence-corrected chi connectivity index (χ4v) is 5.82. The van der Waals surface area contributed by atoms with Gasteiger partial charge in [-0.1, -0.05) is 13.8 Å². The van der Waals surface area contributed by atoms with Gasteiger partial charge in [0.15, 0.2) is 0 Å². The SMILES string of the molecule is CCN(CC)S(=O)(=O)c1ccc2c(c1)CCCN2C(=O)c1ccc2c(c1)C(=O)N(C)C2=O. The molecule has 0 bridgehead atoms. The van der Waals surface area contributed by atoms with Gasteiger partial charge in [-0.25, -0.2) is 8.42 Å². The fourth-order valence-electron chi connectivity index (χ4n) is 4.31. The Morgan fingerprint density at radius 1 is 1.00 bits per heavy atom. The van der Waals surface area contributed by atoms with E-state index in [1.54, 1.807) is 36.9 Å². The van der Waals surface area contributed by atoms with Gasteiger partial charge in [0.1, 0.15) is 0 Å². The van der Waals surface area contributed by atoms with Crippen LogP contribution in [0.25, 0.3) is 0 Å². The lowest BCUT2D eigenvalue weighted by Gasteiger charge is -2.30. The number of imide groups is 1. The van der Waals surface area contributed by atoms with Crippen LogP contribution in [0.3, 0.4) is 0 Å². The largest absolute Gasteiger partial charge is 0.308 e. The molecule has 4 rings (SSSR count). The number of amides is 3. The molecule has 0 radical (unpaired) electrons. The quantitative estimate of drug-likeness (QED) is 0.646. The molecule has 2 heterocycles. The summed E-state index contributed by atoms with van der Waals surface area (Å²) in [7, 11) is -2.18. The number of anilines is 1. The standard InChI is InChI=1S/C23H25N3O5S/c1-4-25(5-2)32(30,31)17-9-11-20-15(13-17)7-6-12-26(20)21(27)16-8-10-18-19(14-16)23(29)24(3)22(18)28/h8-11,13-14H,4-7,12H2,1-3H3. The average Bonchev–Trinajstić information content (AvgIpc) is 3.02. The van der Waals surface area contributed by atoms with E-state index in [0.29, 0.717) is 49.3 Å². The maximum absolute atomic E-state index is 13.3. The van der Waals surface area contributed by atoms with E-state index in [0.717, 1.165) is 10.5 Å². The van der Waals surface area contributed by atoms with Crippen molar-refractivity contribution in [2.45, 2.75) is 31.6 Å². The predicted molar refractivity (Wildman–Crippen MR) is 119 cm³/mol. The van der Waals surface area contributed by atoms with Crippen molar-refractivity contribution in [3.05, 3.63) is 58.7 Å². The van der Waals surface area contributed by atoms with Crippen LogP contribution in [-0.4, -0.2) is 62.0 Å². The van der Waals surface area contributed by atoms with Crippen molar-refractivity contribution in [2.24, 2.45) is 0 Å². The second kappa shape index (κ2) is 8.14. The number of nitrogens with zero attached hydrogens (tertiary/aromatic N) is 3. The lowest BCUT2D eigenvalue weighted by Crippen LogP contribution is -2.36. The molecule has 3 amide bonds. The molecular weight excluding hydrogens is 430 g/mol. The molecule has 9 heteroatoms. The fraction of sp³-hybridized carbons (Fsp3) is 0.348. The topological polar surface area (TPSA) is 95.1 Å². The van der Waals surface area contributed by atoms with Crippen molar-refractivity contribution >= 4 is 33.4 Å². The molecule has 0 N–H and O–H groups in total. The third-order valence-electron chi connectivity index (χ3n) is 6.09. The van der Waals surface area contributed by atoms with Gasteiger partial charge in [-0.3, -0.25) is 19.3 Å². The molecule has 0 saturated heterocycles. The first-order chi connectivity index (χ1) is 15.2. The van der Waals surface area contributed by atoms with Crippen LogP contribution in [-0.2, 0) is 16.4 Å². The van der Waals surface area contributed by atoms with E-state index in [-0.39, 0.29) is 22.3 Å². The smallest absolute Gasteiger partial charge is 0.261 e. The van der Waals surface area contributed by atoms with Gasteiger partial charge in [-0.2, -0.15) is 4.31 Å². The highest BCUT2D eigenvalue weighted by molar-refractivity contribution is 7.89. The number of carbonyl (C=O) groups is 3. The van der Waals surface area contributed by atoms with E-state index in [1.165, 1.54) is 29.6 Å². The van der Waals surface area contributed by atoms with Crippen molar-refractivity contribution in [1.82, 2.24) is 9.21 Å². The molecular formula is C23H25N3O5S. The van der Waals surface area contributed by atoms with Crippen molar-refractivity contribution in [3.8, 4) is 0 Å². The molecule has 2 aliphatic rings. The van der Waals surface area contributed by atoms with E-state index in [9.17, 15) is 22.8 Å². The molecule has 0 unspecified atom stereocenters. The number of sulfonamides is 1. The predicted octanol–water partition coefficient (Wildman–Crippen LogP) is 2.54. The van der Waals surface area contributed by atoms with Gasteiger partial charge in [-0.15, -0.1) is 0 Å². The Kier molecular flexibility index (Phi) is 5.64. The zero-order valence-electron chi connectivity index (χ0n) is 18.3. The average molecular weight is 456 g/mol. The number of hydrogen-bond acceptors (Lipinski definition) is 5. The van der Waals surface area contributed by atoms with Gasteiger partial charge in [0.2, 0.25) is 10.0 Å². The Balaban J connectivity index is 1.68. The first-order valence-electron chi connectivity index (χ1n) is 10.6. The Morgan fingerprint density at radius 3 is 2.38 bits per heavy atom. The molecule has 8 nitrogen and oxygen atoms in total. The summed E-state index contributed by atoms with van der Waals surface area (Å²) in [6.45, 7) is 4.85. The molecule has 2 aromatic rings. The van der Waals surface area contributed by atoms with E-state index >= 15 is 0 Å². The highest BCUT2D eigenvalue weighted by Gasteiger charge is 2.34. The minimum atomic E-state index is -3.59. The summed E-state index contributed by atoms with van der Waals surface area (Å²) >= 11 is 0. The maximum atomic E-state index is 13.3. The van der Waals surface area contributed by atoms with Gasteiger partial charge in [-0.05, 0) is 54.8 Å².